The van der Waals surface area contributed by atoms with Crippen LogP contribution in [0.3, 0.4) is 0 Å². The minimum atomic E-state index is 1.08. The van der Waals surface area contributed by atoms with Crippen molar-refractivity contribution in [1.29, 1.82) is 0 Å². The van der Waals surface area contributed by atoms with E-state index < -0.39 is 0 Å². The van der Waals surface area contributed by atoms with E-state index in [1.54, 1.807) is 0 Å². The van der Waals surface area contributed by atoms with Crippen LogP contribution < -0.4 is 5.32 Å². The zero-order valence-electron chi connectivity index (χ0n) is 8.57. The first-order valence-electron chi connectivity index (χ1n) is 5.41. The lowest BCUT2D eigenvalue weighted by Crippen LogP contribution is -2.16. The molecule has 0 saturated heterocycles. The number of hydrogen-bond acceptors (Lipinski definition) is 1. The fraction of sp³-hybridized carbons (Fsp3) is 0.909. The van der Waals surface area contributed by atoms with Crippen molar-refractivity contribution in [3.8, 4) is 0 Å². The van der Waals surface area contributed by atoms with Crippen LogP contribution in [0, 0.1) is 6.92 Å². The zero-order valence-corrected chi connectivity index (χ0v) is 8.57. The van der Waals surface area contributed by atoms with E-state index in [2.05, 4.69) is 19.2 Å². The molecule has 1 heteroatoms. The Bertz CT molecular complexity index is 61.4. The molecule has 73 valence electrons. The van der Waals surface area contributed by atoms with Gasteiger partial charge in [0.25, 0.3) is 0 Å². The molecule has 12 heavy (non-hydrogen) atoms. The highest BCUT2D eigenvalue weighted by Crippen LogP contribution is 1.97. The van der Waals surface area contributed by atoms with Crippen molar-refractivity contribution >= 4 is 0 Å². The van der Waals surface area contributed by atoms with Gasteiger partial charge in [0.1, 0.15) is 0 Å². The van der Waals surface area contributed by atoms with E-state index in [1.807, 2.05) is 0 Å². The highest BCUT2D eigenvalue weighted by atomic mass is 14.8. The van der Waals surface area contributed by atoms with Crippen molar-refractivity contribution in [3.63, 3.8) is 0 Å². The summed E-state index contributed by atoms with van der Waals surface area (Å²) in [6, 6.07) is 0. The molecule has 0 aromatic rings. The van der Waals surface area contributed by atoms with E-state index in [-0.39, 0.29) is 0 Å². The highest BCUT2D eigenvalue weighted by Gasteiger charge is 1.88. The second-order valence-electron chi connectivity index (χ2n) is 3.37. The Labute approximate surface area is 77.9 Å². The third kappa shape index (κ3) is 9.96. The van der Waals surface area contributed by atoms with Crippen LogP contribution in [0.25, 0.3) is 0 Å². The first-order chi connectivity index (χ1) is 5.91. The van der Waals surface area contributed by atoms with E-state index in [0.717, 1.165) is 6.42 Å². The molecule has 1 N–H and O–H groups in total. The molecule has 1 radical (unpaired) electrons. The van der Waals surface area contributed by atoms with Gasteiger partial charge < -0.3 is 5.32 Å². The van der Waals surface area contributed by atoms with Crippen LogP contribution in [0.2, 0.25) is 0 Å². The maximum absolute atomic E-state index is 3.82. The molecule has 0 aromatic carbocycles. The standard InChI is InChI=1S/C11H24N/c1-3-5-7-9-11-12-10-8-6-4-2/h12H,2-11H2,1H3. The number of unbranched alkanes of at least 4 members (excludes halogenated alkanes) is 5. The van der Waals surface area contributed by atoms with E-state index in [4.69, 9.17) is 0 Å². The summed E-state index contributed by atoms with van der Waals surface area (Å²) in [5, 5.41) is 3.45. The summed E-state index contributed by atoms with van der Waals surface area (Å²) in [4.78, 5) is 0. The Morgan fingerprint density at radius 2 is 1.58 bits per heavy atom. The molecule has 0 unspecified atom stereocenters. The minimum Gasteiger partial charge on any atom is -0.317 e. The van der Waals surface area contributed by atoms with E-state index in [9.17, 15) is 0 Å². The third-order valence-electron chi connectivity index (χ3n) is 2.06. The molecule has 0 aliphatic rings. The predicted molar refractivity (Wildman–Crippen MR) is 56.2 cm³/mol. The van der Waals surface area contributed by atoms with Gasteiger partial charge in [-0.2, -0.15) is 0 Å². The van der Waals surface area contributed by atoms with Gasteiger partial charge in [-0.1, -0.05) is 46.0 Å². The van der Waals surface area contributed by atoms with E-state index in [1.165, 1.54) is 51.6 Å². The van der Waals surface area contributed by atoms with Crippen LogP contribution in [-0.2, 0) is 0 Å². The number of rotatable bonds is 9. The maximum Gasteiger partial charge on any atom is -0.00489 e. The average molecular weight is 170 g/mol. The Morgan fingerprint density at radius 1 is 0.917 bits per heavy atom. The summed E-state index contributed by atoms with van der Waals surface area (Å²) in [7, 11) is 0. The molecular weight excluding hydrogens is 146 g/mol. The van der Waals surface area contributed by atoms with Crippen molar-refractivity contribution in [2.24, 2.45) is 0 Å². The van der Waals surface area contributed by atoms with Gasteiger partial charge >= 0.3 is 0 Å². The second-order valence-corrected chi connectivity index (χ2v) is 3.37. The van der Waals surface area contributed by atoms with Gasteiger partial charge in [0.15, 0.2) is 0 Å². The zero-order chi connectivity index (χ0) is 9.07. The Kier molecular flexibility index (Phi) is 10.9. The van der Waals surface area contributed by atoms with Crippen LogP contribution in [0.5, 0.6) is 0 Å². The van der Waals surface area contributed by atoms with Crippen LogP contribution >= 0.6 is 0 Å². The molecule has 0 bridgehead atoms. The molecule has 0 aliphatic carbocycles. The summed E-state index contributed by atoms with van der Waals surface area (Å²) in [6.45, 7) is 8.46. The predicted octanol–water partition coefficient (Wildman–Crippen LogP) is 3.16. The van der Waals surface area contributed by atoms with Crippen molar-refractivity contribution in [2.45, 2.75) is 51.9 Å². The fourth-order valence-corrected chi connectivity index (χ4v) is 1.23. The largest absolute Gasteiger partial charge is 0.317 e. The molecule has 0 amide bonds. The highest BCUT2D eigenvalue weighted by molar-refractivity contribution is 4.50. The van der Waals surface area contributed by atoms with Gasteiger partial charge in [-0.05, 0) is 25.9 Å². The number of nitrogens with one attached hydrogen (secondary N) is 1. The lowest BCUT2D eigenvalue weighted by Gasteiger charge is -2.02. The van der Waals surface area contributed by atoms with Gasteiger partial charge in [0, 0.05) is 0 Å². The van der Waals surface area contributed by atoms with Crippen LogP contribution in [-0.4, -0.2) is 13.1 Å². The lowest BCUT2D eigenvalue weighted by atomic mass is 10.2. The smallest absolute Gasteiger partial charge is 0.00489 e. The molecule has 0 aliphatic heterocycles. The van der Waals surface area contributed by atoms with Gasteiger partial charge in [0.2, 0.25) is 0 Å². The topological polar surface area (TPSA) is 12.0 Å². The van der Waals surface area contributed by atoms with Gasteiger partial charge in [-0.25, -0.2) is 0 Å². The summed E-state index contributed by atoms with van der Waals surface area (Å²) in [5.74, 6) is 0. The van der Waals surface area contributed by atoms with Gasteiger partial charge in [-0.3, -0.25) is 0 Å². The Morgan fingerprint density at radius 3 is 2.17 bits per heavy atom. The Hall–Kier alpha value is -0.0400. The number of hydrogen-bond donors (Lipinski definition) is 1. The van der Waals surface area contributed by atoms with Gasteiger partial charge in [0.05, 0.1) is 0 Å². The SMILES string of the molecule is [CH2]CCCCNCCCCCC. The van der Waals surface area contributed by atoms with E-state index >= 15 is 0 Å². The van der Waals surface area contributed by atoms with Crippen LogP contribution in [0.1, 0.15) is 51.9 Å². The summed E-state index contributed by atoms with van der Waals surface area (Å²) in [6.07, 6.45) is 9.09. The molecule has 0 atom stereocenters. The fourth-order valence-electron chi connectivity index (χ4n) is 1.23. The quantitative estimate of drug-likeness (QED) is 0.524. The molecule has 1 nitrogen and oxygen atoms in total. The maximum atomic E-state index is 3.82. The van der Waals surface area contributed by atoms with Gasteiger partial charge in [-0.15, -0.1) is 0 Å². The van der Waals surface area contributed by atoms with Crippen molar-refractivity contribution in [1.82, 2.24) is 5.32 Å². The molecule has 0 rings (SSSR count). The summed E-state index contributed by atoms with van der Waals surface area (Å²) in [5.41, 5.74) is 0. The monoisotopic (exact) mass is 170 g/mol. The molecule has 0 aromatic heterocycles. The molecule has 0 fully saturated rings. The molecule has 0 saturated carbocycles. The van der Waals surface area contributed by atoms with Crippen LogP contribution in [0.4, 0.5) is 0 Å². The van der Waals surface area contributed by atoms with Crippen molar-refractivity contribution in [2.75, 3.05) is 13.1 Å². The first kappa shape index (κ1) is 12.0. The van der Waals surface area contributed by atoms with E-state index in [0.29, 0.717) is 0 Å². The normalized spacial score (nSPS) is 10.5. The second kappa shape index (κ2) is 11.0. The molecular formula is C11H24N. The summed E-state index contributed by atoms with van der Waals surface area (Å²) >= 11 is 0. The third-order valence-corrected chi connectivity index (χ3v) is 2.06. The minimum absolute atomic E-state index is 1.08. The molecule has 0 heterocycles. The molecule has 0 spiro atoms. The lowest BCUT2D eigenvalue weighted by molar-refractivity contribution is 0.576. The first-order valence-corrected chi connectivity index (χ1v) is 5.41. The summed E-state index contributed by atoms with van der Waals surface area (Å²) < 4.78 is 0. The van der Waals surface area contributed by atoms with Crippen molar-refractivity contribution < 1.29 is 0 Å². The Balaban J connectivity index is 2.73. The average Bonchev–Trinajstić information content (AvgIpc) is 2.10. The van der Waals surface area contributed by atoms with Crippen LogP contribution in [0.15, 0.2) is 0 Å². The van der Waals surface area contributed by atoms with Crippen molar-refractivity contribution in [3.05, 3.63) is 6.92 Å².